The van der Waals surface area contributed by atoms with Crippen molar-refractivity contribution in [3.63, 3.8) is 0 Å². The standard InChI is InChI=1S/C24H22N2/c1-17-14-24(26-12-4-5-13-26)22-11-10-21(16-23(22)25-17)20-9-8-18-6-2-3-7-19(18)15-20/h2-3,6-11,14-16H,4-5,12-13H2,1H3. The van der Waals surface area contributed by atoms with Crippen LogP contribution in [-0.2, 0) is 0 Å². The monoisotopic (exact) mass is 338 g/mol. The number of rotatable bonds is 2. The van der Waals surface area contributed by atoms with Crippen molar-refractivity contribution in [2.45, 2.75) is 19.8 Å². The number of aromatic nitrogens is 1. The molecule has 2 heterocycles. The quantitative estimate of drug-likeness (QED) is 0.448. The summed E-state index contributed by atoms with van der Waals surface area (Å²) in [5.74, 6) is 0. The van der Waals surface area contributed by atoms with E-state index < -0.39 is 0 Å². The van der Waals surface area contributed by atoms with Crippen LogP contribution in [0, 0.1) is 6.92 Å². The largest absolute Gasteiger partial charge is 0.371 e. The van der Waals surface area contributed by atoms with Crippen molar-refractivity contribution in [1.82, 2.24) is 4.98 Å². The van der Waals surface area contributed by atoms with Crippen molar-refractivity contribution >= 4 is 27.4 Å². The summed E-state index contributed by atoms with van der Waals surface area (Å²) >= 11 is 0. The van der Waals surface area contributed by atoms with E-state index in [1.54, 1.807) is 0 Å². The maximum Gasteiger partial charge on any atom is 0.0732 e. The van der Waals surface area contributed by atoms with Crippen LogP contribution >= 0.6 is 0 Å². The number of pyridine rings is 1. The maximum absolute atomic E-state index is 4.83. The number of hydrogen-bond acceptors (Lipinski definition) is 2. The average molecular weight is 338 g/mol. The van der Waals surface area contributed by atoms with Crippen molar-refractivity contribution in [1.29, 1.82) is 0 Å². The first kappa shape index (κ1) is 15.4. The predicted molar refractivity (Wildman–Crippen MR) is 111 cm³/mol. The first-order chi connectivity index (χ1) is 12.8. The minimum absolute atomic E-state index is 1.09. The third-order valence-corrected chi connectivity index (χ3v) is 5.45. The average Bonchev–Trinajstić information content (AvgIpc) is 3.21. The highest BCUT2D eigenvalue weighted by atomic mass is 15.1. The van der Waals surface area contributed by atoms with Gasteiger partial charge in [0.1, 0.15) is 0 Å². The van der Waals surface area contributed by atoms with E-state index in [0.717, 1.165) is 24.3 Å². The molecule has 0 aliphatic carbocycles. The summed E-state index contributed by atoms with van der Waals surface area (Å²) in [6, 6.07) is 24.2. The summed E-state index contributed by atoms with van der Waals surface area (Å²) in [6.07, 6.45) is 2.58. The van der Waals surface area contributed by atoms with Crippen molar-refractivity contribution in [2.24, 2.45) is 0 Å². The molecule has 0 atom stereocenters. The van der Waals surface area contributed by atoms with Gasteiger partial charge in [-0.05, 0) is 59.9 Å². The minimum atomic E-state index is 1.09. The second kappa shape index (κ2) is 6.14. The van der Waals surface area contributed by atoms with Crippen LogP contribution in [0.25, 0.3) is 32.8 Å². The fourth-order valence-corrected chi connectivity index (χ4v) is 4.11. The number of anilines is 1. The van der Waals surface area contributed by atoms with Crippen molar-refractivity contribution in [3.05, 3.63) is 72.4 Å². The van der Waals surface area contributed by atoms with Gasteiger partial charge in [0, 0.05) is 29.9 Å². The van der Waals surface area contributed by atoms with Gasteiger partial charge in [-0.2, -0.15) is 0 Å². The molecule has 5 rings (SSSR count). The molecule has 0 bridgehead atoms. The summed E-state index contributed by atoms with van der Waals surface area (Å²) in [7, 11) is 0. The molecule has 2 nitrogen and oxygen atoms in total. The molecule has 1 aliphatic rings. The number of nitrogens with zero attached hydrogens (tertiary/aromatic N) is 2. The highest BCUT2D eigenvalue weighted by Gasteiger charge is 2.16. The molecule has 3 aromatic carbocycles. The molecule has 0 N–H and O–H groups in total. The normalized spacial score (nSPS) is 14.4. The first-order valence-corrected chi connectivity index (χ1v) is 9.43. The zero-order valence-corrected chi connectivity index (χ0v) is 15.1. The molecular weight excluding hydrogens is 316 g/mol. The lowest BCUT2D eigenvalue weighted by Crippen LogP contribution is -2.18. The number of hydrogen-bond donors (Lipinski definition) is 0. The fraction of sp³-hybridized carbons (Fsp3) is 0.208. The summed E-state index contributed by atoms with van der Waals surface area (Å²) in [4.78, 5) is 7.34. The molecule has 0 amide bonds. The molecule has 0 spiro atoms. The van der Waals surface area contributed by atoms with Gasteiger partial charge >= 0.3 is 0 Å². The lowest BCUT2D eigenvalue weighted by Gasteiger charge is -2.20. The predicted octanol–water partition coefficient (Wildman–Crippen LogP) is 5.96. The molecule has 1 saturated heterocycles. The van der Waals surface area contributed by atoms with Crippen LogP contribution in [0.3, 0.4) is 0 Å². The molecule has 1 fully saturated rings. The van der Waals surface area contributed by atoms with E-state index in [1.165, 1.54) is 45.8 Å². The maximum atomic E-state index is 4.83. The molecule has 0 radical (unpaired) electrons. The molecule has 4 aromatic rings. The van der Waals surface area contributed by atoms with Crippen LogP contribution in [0.15, 0.2) is 66.7 Å². The zero-order valence-electron chi connectivity index (χ0n) is 15.1. The summed E-state index contributed by atoms with van der Waals surface area (Å²) < 4.78 is 0. The lowest BCUT2D eigenvalue weighted by atomic mass is 9.99. The van der Waals surface area contributed by atoms with Gasteiger partial charge in [0.25, 0.3) is 0 Å². The molecule has 1 aromatic heterocycles. The van der Waals surface area contributed by atoms with E-state index in [-0.39, 0.29) is 0 Å². The Balaban J connectivity index is 1.64. The topological polar surface area (TPSA) is 16.1 Å². The van der Waals surface area contributed by atoms with Crippen molar-refractivity contribution in [3.8, 4) is 11.1 Å². The van der Waals surface area contributed by atoms with Crippen LogP contribution < -0.4 is 4.90 Å². The second-order valence-corrected chi connectivity index (χ2v) is 7.27. The van der Waals surface area contributed by atoms with Gasteiger partial charge in [-0.3, -0.25) is 4.98 Å². The van der Waals surface area contributed by atoms with E-state index in [0.29, 0.717) is 0 Å². The molecule has 1 aliphatic heterocycles. The highest BCUT2D eigenvalue weighted by Crippen LogP contribution is 2.33. The molecule has 0 saturated carbocycles. The lowest BCUT2D eigenvalue weighted by molar-refractivity contribution is 0.949. The fourth-order valence-electron chi connectivity index (χ4n) is 4.11. The van der Waals surface area contributed by atoms with Crippen LogP contribution in [0.4, 0.5) is 5.69 Å². The summed E-state index contributed by atoms with van der Waals surface area (Å²) in [6.45, 7) is 4.41. The zero-order chi connectivity index (χ0) is 17.5. The number of aryl methyl sites for hydroxylation is 1. The van der Waals surface area contributed by atoms with Crippen LogP contribution in [0.5, 0.6) is 0 Å². The van der Waals surface area contributed by atoms with Gasteiger partial charge in [-0.1, -0.05) is 48.5 Å². The number of benzene rings is 3. The third-order valence-electron chi connectivity index (χ3n) is 5.45. The molecule has 26 heavy (non-hydrogen) atoms. The van der Waals surface area contributed by atoms with E-state index in [4.69, 9.17) is 4.98 Å². The molecule has 2 heteroatoms. The SMILES string of the molecule is Cc1cc(N2CCCC2)c2ccc(-c3ccc4ccccc4c3)cc2n1. The molecule has 128 valence electrons. The highest BCUT2D eigenvalue weighted by molar-refractivity contribution is 5.95. The van der Waals surface area contributed by atoms with Gasteiger partial charge in [-0.15, -0.1) is 0 Å². The Morgan fingerprint density at radius 1 is 0.769 bits per heavy atom. The van der Waals surface area contributed by atoms with Gasteiger partial charge < -0.3 is 4.90 Å². The Labute approximate surface area is 154 Å². The molecule has 0 unspecified atom stereocenters. The number of fused-ring (bicyclic) bond motifs is 2. The van der Waals surface area contributed by atoms with Gasteiger partial charge in [-0.25, -0.2) is 0 Å². The van der Waals surface area contributed by atoms with Crippen LogP contribution in [0.2, 0.25) is 0 Å². The minimum Gasteiger partial charge on any atom is -0.371 e. The molecular formula is C24H22N2. The first-order valence-electron chi connectivity index (χ1n) is 9.43. The Morgan fingerprint density at radius 2 is 1.50 bits per heavy atom. The van der Waals surface area contributed by atoms with Crippen LogP contribution in [-0.4, -0.2) is 18.1 Å². The van der Waals surface area contributed by atoms with Gasteiger partial charge in [0.2, 0.25) is 0 Å². The Kier molecular flexibility index (Phi) is 3.63. The van der Waals surface area contributed by atoms with Gasteiger partial charge in [0.05, 0.1) is 5.52 Å². The summed E-state index contributed by atoms with van der Waals surface area (Å²) in [5, 5.41) is 3.82. The third kappa shape index (κ3) is 2.62. The van der Waals surface area contributed by atoms with Crippen molar-refractivity contribution in [2.75, 3.05) is 18.0 Å². The Hall–Kier alpha value is -2.87. The Bertz CT molecular complexity index is 1110. The second-order valence-electron chi connectivity index (χ2n) is 7.27. The smallest absolute Gasteiger partial charge is 0.0732 e. The van der Waals surface area contributed by atoms with Crippen LogP contribution in [0.1, 0.15) is 18.5 Å². The van der Waals surface area contributed by atoms with Crippen molar-refractivity contribution < 1.29 is 0 Å². The Morgan fingerprint density at radius 3 is 2.35 bits per heavy atom. The van der Waals surface area contributed by atoms with E-state index >= 15 is 0 Å². The van der Waals surface area contributed by atoms with E-state index in [9.17, 15) is 0 Å². The van der Waals surface area contributed by atoms with Gasteiger partial charge in [0.15, 0.2) is 0 Å². The van der Waals surface area contributed by atoms with E-state index in [1.807, 2.05) is 0 Å². The summed E-state index contributed by atoms with van der Waals surface area (Å²) in [5.41, 5.74) is 6.01. The van der Waals surface area contributed by atoms with E-state index in [2.05, 4.69) is 78.6 Å².